The SMILES string of the molecule is OCCOCCOc1ccc(-c2cccc3c2Cc2ccccc2-3)cc1OCCOCCO. The third-order valence-electron chi connectivity index (χ3n) is 5.55. The Morgan fingerprint density at radius 3 is 2.03 bits per heavy atom. The molecule has 0 aliphatic heterocycles. The summed E-state index contributed by atoms with van der Waals surface area (Å²) in [7, 11) is 0. The van der Waals surface area contributed by atoms with E-state index >= 15 is 0 Å². The van der Waals surface area contributed by atoms with Gasteiger partial charge in [-0.05, 0) is 51.9 Å². The molecule has 4 rings (SSSR count). The molecule has 3 aromatic rings. The highest BCUT2D eigenvalue weighted by atomic mass is 16.6. The van der Waals surface area contributed by atoms with E-state index in [4.69, 9.17) is 29.2 Å². The number of aliphatic hydroxyl groups is 2. The fourth-order valence-electron chi connectivity index (χ4n) is 4.09. The van der Waals surface area contributed by atoms with E-state index in [1.165, 1.54) is 27.8 Å². The van der Waals surface area contributed by atoms with Gasteiger partial charge >= 0.3 is 0 Å². The van der Waals surface area contributed by atoms with E-state index in [0.29, 0.717) is 37.9 Å². The van der Waals surface area contributed by atoms with E-state index < -0.39 is 0 Å². The number of fused-ring (bicyclic) bond motifs is 3. The van der Waals surface area contributed by atoms with Crippen LogP contribution in [0.4, 0.5) is 0 Å². The van der Waals surface area contributed by atoms with Gasteiger partial charge in [0.05, 0.1) is 39.6 Å². The first-order valence-electron chi connectivity index (χ1n) is 11.3. The molecule has 3 aromatic carbocycles. The molecule has 0 bridgehead atoms. The summed E-state index contributed by atoms with van der Waals surface area (Å²) in [6, 6.07) is 21.0. The molecular formula is C27H30O6. The minimum absolute atomic E-state index is 0.0117. The maximum atomic E-state index is 8.88. The molecule has 2 N–H and O–H groups in total. The van der Waals surface area contributed by atoms with E-state index in [1.54, 1.807) is 0 Å². The number of benzene rings is 3. The molecule has 0 saturated carbocycles. The Morgan fingerprint density at radius 1 is 0.606 bits per heavy atom. The summed E-state index contributed by atoms with van der Waals surface area (Å²) in [5, 5.41) is 17.7. The van der Waals surface area contributed by atoms with Crippen LogP contribution in [-0.4, -0.2) is 63.1 Å². The highest BCUT2D eigenvalue weighted by Gasteiger charge is 2.21. The van der Waals surface area contributed by atoms with Gasteiger partial charge in [0.15, 0.2) is 11.5 Å². The summed E-state index contributed by atoms with van der Waals surface area (Å²) in [5.41, 5.74) is 7.50. The zero-order valence-electron chi connectivity index (χ0n) is 18.7. The molecule has 0 heterocycles. The molecule has 6 nitrogen and oxygen atoms in total. The van der Waals surface area contributed by atoms with Crippen molar-refractivity contribution in [2.24, 2.45) is 0 Å². The van der Waals surface area contributed by atoms with Crippen LogP contribution >= 0.6 is 0 Å². The molecule has 0 aromatic heterocycles. The summed E-state index contributed by atoms with van der Waals surface area (Å²) >= 11 is 0. The minimum Gasteiger partial charge on any atom is -0.487 e. The summed E-state index contributed by atoms with van der Waals surface area (Å²) in [6.45, 7) is 2.00. The molecule has 0 saturated heterocycles. The zero-order chi connectivity index (χ0) is 22.9. The van der Waals surface area contributed by atoms with Crippen molar-refractivity contribution in [2.45, 2.75) is 6.42 Å². The monoisotopic (exact) mass is 450 g/mol. The fourth-order valence-corrected chi connectivity index (χ4v) is 4.09. The van der Waals surface area contributed by atoms with Crippen LogP contribution in [-0.2, 0) is 15.9 Å². The second-order valence-corrected chi connectivity index (χ2v) is 7.70. The normalized spacial score (nSPS) is 11.8. The largest absolute Gasteiger partial charge is 0.487 e. The van der Waals surface area contributed by atoms with Crippen LogP contribution in [0, 0.1) is 0 Å². The zero-order valence-corrected chi connectivity index (χ0v) is 18.7. The predicted molar refractivity (Wildman–Crippen MR) is 127 cm³/mol. The third kappa shape index (κ3) is 5.72. The number of ether oxygens (including phenoxy) is 4. The van der Waals surface area contributed by atoms with Crippen molar-refractivity contribution < 1.29 is 29.2 Å². The van der Waals surface area contributed by atoms with Crippen molar-refractivity contribution >= 4 is 0 Å². The lowest BCUT2D eigenvalue weighted by Gasteiger charge is -2.16. The molecule has 0 fully saturated rings. The third-order valence-corrected chi connectivity index (χ3v) is 5.55. The van der Waals surface area contributed by atoms with Crippen LogP contribution in [0.1, 0.15) is 11.1 Å². The number of hydrogen-bond acceptors (Lipinski definition) is 6. The van der Waals surface area contributed by atoms with E-state index in [9.17, 15) is 0 Å². The first-order chi connectivity index (χ1) is 16.3. The molecule has 0 unspecified atom stereocenters. The molecule has 174 valence electrons. The van der Waals surface area contributed by atoms with Crippen LogP contribution in [0.25, 0.3) is 22.3 Å². The Bertz CT molecular complexity index is 1050. The Hall–Kier alpha value is -2.90. The quantitative estimate of drug-likeness (QED) is 0.303. The molecule has 0 atom stereocenters. The predicted octanol–water partition coefficient (Wildman–Crippen LogP) is 3.70. The van der Waals surface area contributed by atoms with Gasteiger partial charge in [0.2, 0.25) is 0 Å². The Labute approximate surface area is 194 Å². The van der Waals surface area contributed by atoms with Gasteiger partial charge in [0.1, 0.15) is 13.2 Å². The smallest absolute Gasteiger partial charge is 0.161 e. The van der Waals surface area contributed by atoms with E-state index in [1.807, 2.05) is 12.1 Å². The van der Waals surface area contributed by atoms with E-state index in [0.717, 1.165) is 12.0 Å². The van der Waals surface area contributed by atoms with Gasteiger partial charge < -0.3 is 29.2 Å². The number of rotatable bonds is 13. The maximum Gasteiger partial charge on any atom is 0.161 e. The Morgan fingerprint density at radius 2 is 1.27 bits per heavy atom. The first-order valence-corrected chi connectivity index (χ1v) is 11.3. The van der Waals surface area contributed by atoms with Gasteiger partial charge in [-0.3, -0.25) is 0 Å². The first kappa shape index (κ1) is 23.3. The van der Waals surface area contributed by atoms with Gasteiger partial charge in [0.25, 0.3) is 0 Å². The van der Waals surface area contributed by atoms with Crippen LogP contribution in [0.2, 0.25) is 0 Å². The van der Waals surface area contributed by atoms with Crippen molar-refractivity contribution in [1.29, 1.82) is 0 Å². The lowest BCUT2D eigenvalue weighted by atomic mass is 9.95. The van der Waals surface area contributed by atoms with Crippen molar-refractivity contribution in [2.75, 3.05) is 52.9 Å². The second kappa shape index (κ2) is 11.8. The highest BCUT2D eigenvalue weighted by molar-refractivity contribution is 5.85. The fraction of sp³-hybridized carbons (Fsp3) is 0.333. The van der Waals surface area contributed by atoms with Crippen molar-refractivity contribution in [1.82, 2.24) is 0 Å². The van der Waals surface area contributed by atoms with Gasteiger partial charge in [0, 0.05) is 0 Å². The molecule has 1 aliphatic rings. The van der Waals surface area contributed by atoms with Crippen LogP contribution in [0.5, 0.6) is 11.5 Å². The topological polar surface area (TPSA) is 77.4 Å². The average molecular weight is 451 g/mol. The van der Waals surface area contributed by atoms with Gasteiger partial charge in [-0.1, -0.05) is 48.5 Å². The highest BCUT2D eigenvalue weighted by Crippen LogP contribution is 2.43. The van der Waals surface area contributed by atoms with Gasteiger partial charge in [-0.15, -0.1) is 0 Å². The average Bonchev–Trinajstić information content (AvgIpc) is 3.23. The lowest BCUT2D eigenvalue weighted by molar-refractivity contribution is 0.0645. The molecule has 0 amide bonds. The molecule has 1 aliphatic carbocycles. The van der Waals surface area contributed by atoms with Crippen molar-refractivity contribution in [3.63, 3.8) is 0 Å². The van der Waals surface area contributed by atoms with Crippen molar-refractivity contribution in [3.05, 3.63) is 71.8 Å². The molecule has 6 heteroatoms. The van der Waals surface area contributed by atoms with E-state index in [-0.39, 0.29) is 26.4 Å². The van der Waals surface area contributed by atoms with Gasteiger partial charge in [-0.2, -0.15) is 0 Å². The summed E-state index contributed by atoms with van der Waals surface area (Å²) in [6.07, 6.45) is 0.910. The number of hydrogen-bond donors (Lipinski definition) is 2. The van der Waals surface area contributed by atoms with Crippen LogP contribution < -0.4 is 9.47 Å². The molecule has 33 heavy (non-hydrogen) atoms. The molecular weight excluding hydrogens is 420 g/mol. The summed E-state index contributed by atoms with van der Waals surface area (Å²) < 4.78 is 22.5. The standard InChI is InChI=1S/C27H30O6/c28-10-12-30-14-16-32-26-9-8-21(19-27(26)33-17-15-31-13-11-29)23-6-3-7-24-22-5-2-1-4-20(22)18-25(23)24/h1-9,19,28-29H,10-18H2. The summed E-state index contributed by atoms with van der Waals surface area (Å²) in [4.78, 5) is 0. The Kier molecular flexibility index (Phi) is 8.33. The molecule has 0 spiro atoms. The second-order valence-electron chi connectivity index (χ2n) is 7.70. The minimum atomic E-state index is -0.0147. The van der Waals surface area contributed by atoms with E-state index in [2.05, 4.69) is 48.5 Å². The Balaban J connectivity index is 1.56. The van der Waals surface area contributed by atoms with Crippen LogP contribution in [0.15, 0.2) is 60.7 Å². The summed E-state index contributed by atoms with van der Waals surface area (Å²) in [5.74, 6) is 1.26. The molecule has 0 radical (unpaired) electrons. The lowest BCUT2D eigenvalue weighted by Crippen LogP contribution is -2.12. The van der Waals surface area contributed by atoms with Crippen LogP contribution in [0.3, 0.4) is 0 Å². The maximum absolute atomic E-state index is 8.88. The van der Waals surface area contributed by atoms with Crippen molar-refractivity contribution in [3.8, 4) is 33.8 Å². The van der Waals surface area contributed by atoms with Gasteiger partial charge in [-0.25, -0.2) is 0 Å². The number of aliphatic hydroxyl groups excluding tert-OH is 2.